The molecule has 1 heterocycles. The lowest BCUT2D eigenvalue weighted by atomic mass is 9.90. The Hall–Kier alpha value is -1.35. The van der Waals surface area contributed by atoms with E-state index in [1.54, 1.807) is 0 Å². The molecule has 1 radical (unpaired) electrons. The molecule has 1 amide bonds. The topological polar surface area (TPSA) is 23.6 Å². The normalized spacial score (nSPS) is 20.2. The summed E-state index contributed by atoms with van der Waals surface area (Å²) in [5.74, 6) is 0.715. The molecule has 0 spiro atoms. The Labute approximate surface area is 109 Å². The fourth-order valence-electron chi connectivity index (χ4n) is 2.51. The Bertz CT molecular complexity index is 389. The number of nitrogens with zero attached hydrogens (tertiary/aromatic N) is 2. The molecular formula is C15H21N2O. The van der Waals surface area contributed by atoms with Gasteiger partial charge in [0.1, 0.15) is 0 Å². The molecule has 97 valence electrons. The first-order valence-electron chi connectivity index (χ1n) is 6.55. The Morgan fingerprint density at radius 1 is 1.56 bits per heavy atom. The van der Waals surface area contributed by atoms with Gasteiger partial charge in [-0.15, -0.1) is 0 Å². The van der Waals surface area contributed by atoms with Gasteiger partial charge in [0.15, 0.2) is 0 Å². The van der Waals surface area contributed by atoms with Crippen molar-refractivity contribution < 1.29 is 4.79 Å². The van der Waals surface area contributed by atoms with Crippen molar-refractivity contribution >= 4 is 5.91 Å². The van der Waals surface area contributed by atoms with E-state index in [1.165, 1.54) is 12.0 Å². The molecule has 0 N–H and O–H groups in total. The van der Waals surface area contributed by atoms with Crippen LogP contribution in [0.15, 0.2) is 24.3 Å². The molecule has 0 saturated carbocycles. The molecular weight excluding hydrogens is 224 g/mol. The molecule has 1 saturated heterocycles. The third-order valence-electron chi connectivity index (χ3n) is 3.43. The van der Waals surface area contributed by atoms with Crippen molar-refractivity contribution in [2.24, 2.45) is 0 Å². The molecule has 0 bridgehead atoms. The Morgan fingerprint density at radius 2 is 2.39 bits per heavy atom. The highest BCUT2D eigenvalue weighted by molar-refractivity contribution is 5.78. The number of carbonyl (C=O) groups excluding carboxylic acids is 1. The molecule has 1 aliphatic heterocycles. The van der Waals surface area contributed by atoms with E-state index in [-0.39, 0.29) is 5.91 Å². The van der Waals surface area contributed by atoms with Crippen LogP contribution in [0.2, 0.25) is 0 Å². The summed E-state index contributed by atoms with van der Waals surface area (Å²) in [6.45, 7) is 2.26. The van der Waals surface area contributed by atoms with E-state index in [0.717, 1.165) is 19.5 Å². The van der Waals surface area contributed by atoms with Crippen LogP contribution in [0.25, 0.3) is 0 Å². The number of hydrogen-bond donors (Lipinski definition) is 0. The third kappa shape index (κ3) is 3.33. The highest BCUT2D eigenvalue weighted by Gasteiger charge is 2.24. The molecule has 0 aliphatic carbocycles. The molecule has 1 aliphatic rings. The molecule has 2 rings (SSSR count). The molecule has 3 heteroatoms. The predicted octanol–water partition coefficient (Wildman–Crippen LogP) is 1.75. The highest BCUT2D eigenvalue weighted by Crippen LogP contribution is 2.26. The van der Waals surface area contributed by atoms with Crippen LogP contribution in [-0.2, 0) is 4.79 Å². The van der Waals surface area contributed by atoms with E-state index < -0.39 is 0 Å². The van der Waals surface area contributed by atoms with E-state index >= 15 is 0 Å². The first kappa shape index (κ1) is 13.1. The van der Waals surface area contributed by atoms with Gasteiger partial charge in [0.2, 0.25) is 5.91 Å². The number of carbonyl (C=O) groups is 1. The maximum atomic E-state index is 12.1. The van der Waals surface area contributed by atoms with Crippen molar-refractivity contribution in [3.05, 3.63) is 35.9 Å². The quantitative estimate of drug-likeness (QED) is 0.810. The van der Waals surface area contributed by atoms with Gasteiger partial charge in [0, 0.05) is 19.0 Å². The maximum absolute atomic E-state index is 12.1. The van der Waals surface area contributed by atoms with E-state index in [4.69, 9.17) is 0 Å². The van der Waals surface area contributed by atoms with Gasteiger partial charge < -0.3 is 9.80 Å². The van der Waals surface area contributed by atoms with Gasteiger partial charge in [-0.05, 0) is 38.6 Å². The van der Waals surface area contributed by atoms with Gasteiger partial charge in [-0.2, -0.15) is 0 Å². The SMILES string of the molecule is CN(C)CC(=O)N1CCCC(c2c[c]ccc2)C1. The van der Waals surface area contributed by atoms with Crippen molar-refractivity contribution in [2.45, 2.75) is 18.8 Å². The predicted molar refractivity (Wildman–Crippen MR) is 72.4 cm³/mol. The minimum atomic E-state index is 0.240. The Morgan fingerprint density at radius 3 is 3.06 bits per heavy atom. The van der Waals surface area contributed by atoms with Crippen LogP contribution in [0.1, 0.15) is 24.3 Å². The number of piperidine rings is 1. The van der Waals surface area contributed by atoms with Crippen molar-refractivity contribution in [2.75, 3.05) is 33.7 Å². The van der Waals surface area contributed by atoms with Crippen LogP contribution in [0.5, 0.6) is 0 Å². The molecule has 1 fully saturated rings. The minimum Gasteiger partial charge on any atom is -0.341 e. The van der Waals surface area contributed by atoms with E-state index in [2.05, 4.69) is 12.1 Å². The lowest BCUT2D eigenvalue weighted by Crippen LogP contribution is -2.43. The van der Waals surface area contributed by atoms with Crippen LogP contribution < -0.4 is 0 Å². The van der Waals surface area contributed by atoms with Crippen LogP contribution in [0.4, 0.5) is 0 Å². The number of likely N-dealkylation sites (tertiary alicyclic amines) is 1. The third-order valence-corrected chi connectivity index (χ3v) is 3.43. The summed E-state index contributed by atoms with van der Waals surface area (Å²) in [4.78, 5) is 16.0. The maximum Gasteiger partial charge on any atom is 0.236 e. The summed E-state index contributed by atoms with van der Waals surface area (Å²) in [6.07, 6.45) is 2.27. The van der Waals surface area contributed by atoms with Crippen LogP contribution in [0.3, 0.4) is 0 Å². The fraction of sp³-hybridized carbons (Fsp3) is 0.533. The lowest BCUT2D eigenvalue weighted by Gasteiger charge is -2.33. The highest BCUT2D eigenvalue weighted by atomic mass is 16.2. The van der Waals surface area contributed by atoms with Crippen molar-refractivity contribution in [3.63, 3.8) is 0 Å². The second-order valence-electron chi connectivity index (χ2n) is 5.25. The average molecular weight is 245 g/mol. The first-order chi connectivity index (χ1) is 8.66. The second-order valence-corrected chi connectivity index (χ2v) is 5.25. The van der Waals surface area contributed by atoms with Crippen molar-refractivity contribution in [1.82, 2.24) is 9.80 Å². The van der Waals surface area contributed by atoms with Crippen LogP contribution >= 0.6 is 0 Å². The summed E-state index contributed by atoms with van der Waals surface area (Å²) in [6, 6.07) is 11.3. The molecule has 1 aromatic rings. The van der Waals surface area contributed by atoms with Gasteiger partial charge >= 0.3 is 0 Å². The van der Waals surface area contributed by atoms with Crippen molar-refractivity contribution in [1.29, 1.82) is 0 Å². The number of hydrogen-bond acceptors (Lipinski definition) is 2. The van der Waals surface area contributed by atoms with Gasteiger partial charge in [-0.1, -0.05) is 24.3 Å². The molecule has 1 aromatic carbocycles. The first-order valence-corrected chi connectivity index (χ1v) is 6.55. The van der Waals surface area contributed by atoms with E-state index in [0.29, 0.717) is 12.5 Å². The summed E-state index contributed by atoms with van der Waals surface area (Å²) in [7, 11) is 3.87. The summed E-state index contributed by atoms with van der Waals surface area (Å²) >= 11 is 0. The second kappa shape index (κ2) is 6.01. The fourth-order valence-corrected chi connectivity index (χ4v) is 2.51. The average Bonchev–Trinajstić information content (AvgIpc) is 2.39. The Balaban J connectivity index is 1.98. The summed E-state index contributed by atoms with van der Waals surface area (Å²) in [5.41, 5.74) is 1.31. The van der Waals surface area contributed by atoms with Crippen LogP contribution in [-0.4, -0.2) is 49.4 Å². The zero-order valence-corrected chi connectivity index (χ0v) is 11.2. The summed E-state index contributed by atoms with van der Waals surface area (Å²) < 4.78 is 0. The van der Waals surface area contributed by atoms with Crippen LogP contribution in [0, 0.1) is 6.07 Å². The molecule has 1 atom stereocenters. The lowest BCUT2D eigenvalue weighted by molar-refractivity contribution is -0.133. The van der Waals surface area contributed by atoms with E-state index in [1.807, 2.05) is 42.1 Å². The van der Waals surface area contributed by atoms with Gasteiger partial charge in [-0.3, -0.25) is 4.79 Å². The molecule has 18 heavy (non-hydrogen) atoms. The van der Waals surface area contributed by atoms with Gasteiger partial charge in [0.25, 0.3) is 0 Å². The molecule has 3 nitrogen and oxygen atoms in total. The number of benzene rings is 1. The van der Waals surface area contributed by atoms with Gasteiger partial charge in [-0.25, -0.2) is 0 Å². The standard InChI is InChI=1S/C15H21N2O/c1-16(2)12-15(18)17-10-6-9-14(11-17)13-7-4-3-5-8-13/h3-4,7-8,14H,6,9-12H2,1-2H3. The smallest absolute Gasteiger partial charge is 0.236 e. The largest absolute Gasteiger partial charge is 0.341 e. The monoisotopic (exact) mass is 245 g/mol. The number of amides is 1. The molecule has 1 unspecified atom stereocenters. The summed E-state index contributed by atoms with van der Waals surface area (Å²) in [5, 5.41) is 0. The number of rotatable bonds is 3. The number of likely N-dealkylation sites (N-methyl/N-ethyl adjacent to an activating group) is 1. The Kier molecular flexibility index (Phi) is 4.37. The van der Waals surface area contributed by atoms with Crippen molar-refractivity contribution in [3.8, 4) is 0 Å². The van der Waals surface area contributed by atoms with E-state index in [9.17, 15) is 4.79 Å². The van der Waals surface area contributed by atoms with Gasteiger partial charge in [0.05, 0.1) is 6.54 Å². The minimum absolute atomic E-state index is 0.240. The molecule has 0 aromatic heterocycles. The zero-order chi connectivity index (χ0) is 13.0. The zero-order valence-electron chi connectivity index (χ0n) is 11.2.